The van der Waals surface area contributed by atoms with Crippen LogP contribution in [0.2, 0.25) is 0 Å². The number of aryl methyl sites for hydroxylation is 1. The number of rotatable bonds is 7. The minimum Gasteiger partial charge on any atom is -0.508 e. The van der Waals surface area contributed by atoms with Gasteiger partial charge in [0, 0.05) is 17.4 Å². The second-order valence-electron chi connectivity index (χ2n) is 5.20. The summed E-state index contributed by atoms with van der Waals surface area (Å²) < 4.78 is 11.3. The van der Waals surface area contributed by atoms with Crippen LogP contribution in [0.1, 0.15) is 17.5 Å². The number of phenols is 1. The quantitative estimate of drug-likeness (QED) is 0.755. The third kappa shape index (κ3) is 4.64. The van der Waals surface area contributed by atoms with Gasteiger partial charge in [0.05, 0.1) is 14.2 Å². The van der Waals surface area contributed by atoms with Crippen LogP contribution < -0.4 is 14.8 Å². The third-order valence-corrected chi connectivity index (χ3v) is 4.38. The molecule has 0 aliphatic rings. The van der Waals surface area contributed by atoms with Crippen LogP contribution in [0.3, 0.4) is 0 Å². The molecule has 0 unspecified atom stereocenters. The monoisotopic (exact) mass is 393 g/mol. The Morgan fingerprint density at radius 1 is 1.12 bits per heavy atom. The molecule has 0 aliphatic heterocycles. The Balaban J connectivity index is 1.93. The molecule has 6 heteroatoms. The third-order valence-electron chi connectivity index (χ3n) is 3.64. The molecule has 0 saturated carbocycles. The van der Waals surface area contributed by atoms with Crippen LogP contribution in [0.4, 0.5) is 0 Å². The fourth-order valence-electron chi connectivity index (χ4n) is 2.28. The number of benzene rings is 2. The lowest BCUT2D eigenvalue weighted by Crippen LogP contribution is -2.23. The summed E-state index contributed by atoms with van der Waals surface area (Å²) in [6.07, 6.45) is 0.800. The molecule has 0 heterocycles. The number of halogens is 1. The normalized spacial score (nSPS) is 10.3. The Morgan fingerprint density at radius 2 is 1.79 bits per heavy atom. The highest BCUT2D eigenvalue weighted by molar-refractivity contribution is 9.10. The first-order valence-corrected chi connectivity index (χ1v) is 8.28. The minimum atomic E-state index is -0.0834. The van der Waals surface area contributed by atoms with Gasteiger partial charge in [0.15, 0.2) is 11.5 Å². The number of ether oxygens (including phenoxy) is 2. The summed E-state index contributed by atoms with van der Waals surface area (Å²) in [5.41, 5.74) is 1.66. The van der Waals surface area contributed by atoms with E-state index in [9.17, 15) is 9.90 Å². The number of amides is 1. The van der Waals surface area contributed by atoms with E-state index in [-0.39, 0.29) is 11.7 Å². The number of methoxy groups -OCH3 is 2. The van der Waals surface area contributed by atoms with Gasteiger partial charge in [-0.05, 0) is 35.7 Å². The number of hydrogen-bond acceptors (Lipinski definition) is 4. The van der Waals surface area contributed by atoms with E-state index in [1.807, 2.05) is 24.3 Å². The molecule has 0 radical (unpaired) electrons. The molecule has 5 nitrogen and oxygen atoms in total. The first kappa shape index (κ1) is 18.1. The van der Waals surface area contributed by atoms with Crippen molar-refractivity contribution in [1.82, 2.24) is 5.32 Å². The molecule has 0 aromatic heterocycles. The van der Waals surface area contributed by atoms with Gasteiger partial charge in [0.1, 0.15) is 5.75 Å². The standard InChI is InChI=1S/C18H20BrNO4/c1-23-16-9-13(14(19)10-17(16)24-2)11-20-18(22)8-7-12-5-3-4-6-15(12)21/h3-6,9-10,21H,7-8,11H2,1-2H3,(H,20,22). The maximum absolute atomic E-state index is 12.0. The molecule has 2 aromatic rings. The maximum atomic E-state index is 12.0. The lowest BCUT2D eigenvalue weighted by Gasteiger charge is -2.12. The Bertz CT molecular complexity index is 718. The number of carbonyl (C=O) groups is 1. The lowest BCUT2D eigenvalue weighted by atomic mass is 10.1. The number of para-hydroxylation sites is 1. The molecule has 0 saturated heterocycles. The summed E-state index contributed by atoms with van der Waals surface area (Å²) in [4.78, 5) is 12.0. The topological polar surface area (TPSA) is 67.8 Å². The van der Waals surface area contributed by atoms with Gasteiger partial charge in [-0.1, -0.05) is 34.1 Å². The van der Waals surface area contributed by atoms with Crippen LogP contribution in [-0.4, -0.2) is 25.2 Å². The average Bonchev–Trinajstić information content (AvgIpc) is 2.59. The Morgan fingerprint density at radius 3 is 2.46 bits per heavy atom. The Kier molecular flexibility index (Phi) is 6.49. The lowest BCUT2D eigenvalue weighted by molar-refractivity contribution is -0.121. The van der Waals surface area contributed by atoms with Gasteiger partial charge in [-0.25, -0.2) is 0 Å². The molecular weight excluding hydrogens is 374 g/mol. The SMILES string of the molecule is COc1cc(Br)c(CNC(=O)CCc2ccccc2O)cc1OC. The van der Waals surface area contributed by atoms with Crippen molar-refractivity contribution in [2.75, 3.05) is 14.2 Å². The Labute approximate surface area is 149 Å². The molecule has 2 aromatic carbocycles. The first-order valence-electron chi connectivity index (χ1n) is 7.49. The summed E-state index contributed by atoms with van der Waals surface area (Å²) in [6, 6.07) is 10.7. The number of carbonyl (C=O) groups excluding carboxylic acids is 1. The van der Waals surface area contributed by atoms with Gasteiger partial charge >= 0.3 is 0 Å². The van der Waals surface area contributed by atoms with Crippen LogP contribution in [0.25, 0.3) is 0 Å². The summed E-state index contributed by atoms with van der Waals surface area (Å²) in [6.45, 7) is 0.376. The smallest absolute Gasteiger partial charge is 0.220 e. The van der Waals surface area contributed by atoms with Crippen LogP contribution >= 0.6 is 15.9 Å². The van der Waals surface area contributed by atoms with E-state index in [0.717, 1.165) is 15.6 Å². The molecule has 2 N–H and O–H groups in total. The van der Waals surface area contributed by atoms with Crippen molar-refractivity contribution in [3.8, 4) is 17.2 Å². The van der Waals surface area contributed by atoms with E-state index >= 15 is 0 Å². The van der Waals surface area contributed by atoms with Gasteiger partial charge in [0.25, 0.3) is 0 Å². The number of phenolic OH excluding ortho intramolecular Hbond substituents is 1. The van der Waals surface area contributed by atoms with Gasteiger partial charge in [-0.2, -0.15) is 0 Å². The van der Waals surface area contributed by atoms with E-state index < -0.39 is 0 Å². The van der Waals surface area contributed by atoms with E-state index in [2.05, 4.69) is 21.2 Å². The van der Waals surface area contributed by atoms with Crippen LogP contribution in [0.15, 0.2) is 40.9 Å². The predicted molar refractivity (Wildman–Crippen MR) is 95.5 cm³/mol. The first-order chi connectivity index (χ1) is 11.5. The molecule has 0 aliphatic carbocycles. The molecule has 0 atom stereocenters. The van der Waals surface area contributed by atoms with E-state index in [1.54, 1.807) is 26.4 Å². The van der Waals surface area contributed by atoms with Crippen molar-refractivity contribution in [2.45, 2.75) is 19.4 Å². The molecule has 0 spiro atoms. The molecule has 0 fully saturated rings. The molecule has 1 amide bonds. The summed E-state index contributed by atoms with van der Waals surface area (Å²) in [7, 11) is 3.14. The average molecular weight is 394 g/mol. The van der Waals surface area contributed by atoms with Crippen LogP contribution in [0.5, 0.6) is 17.2 Å². The van der Waals surface area contributed by atoms with Gasteiger partial charge in [-0.15, -0.1) is 0 Å². The largest absolute Gasteiger partial charge is 0.508 e. The highest BCUT2D eigenvalue weighted by Crippen LogP contribution is 2.33. The second-order valence-corrected chi connectivity index (χ2v) is 6.06. The van der Waals surface area contributed by atoms with E-state index in [0.29, 0.717) is 30.9 Å². The fourth-order valence-corrected chi connectivity index (χ4v) is 2.75. The van der Waals surface area contributed by atoms with Crippen LogP contribution in [0, 0.1) is 0 Å². The van der Waals surface area contributed by atoms with Crippen molar-refractivity contribution >= 4 is 21.8 Å². The zero-order chi connectivity index (χ0) is 17.5. The van der Waals surface area contributed by atoms with Crippen molar-refractivity contribution in [3.63, 3.8) is 0 Å². The number of nitrogens with one attached hydrogen (secondary N) is 1. The van der Waals surface area contributed by atoms with Gasteiger partial charge in [0.2, 0.25) is 5.91 Å². The Hall–Kier alpha value is -2.21. The number of hydrogen-bond donors (Lipinski definition) is 2. The summed E-state index contributed by atoms with van der Waals surface area (Å²) in [5.74, 6) is 1.37. The van der Waals surface area contributed by atoms with E-state index in [1.165, 1.54) is 0 Å². The fraction of sp³-hybridized carbons (Fsp3) is 0.278. The predicted octanol–water partition coefficient (Wildman–Crippen LogP) is 3.42. The van der Waals surface area contributed by atoms with Gasteiger partial charge in [-0.3, -0.25) is 4.79 Å². The maximum Gasteiger partial charge on any atom is 0.220 e. The van der Waals surface area contributed by atoms with Crippen LogP contribution in [-0.2, 0) is 17.8 Å². The second kappa shape index (κ2) is 8.59. The summed E-state index contributed by atoms with van der Waals surface area (Å²) in [5, 5.41) is 12.6. The van der Waals surface area contributed by atoms with Gasteiger partial charge < -0.3 is 19.9 Å². The zero-order valence-electron chi connectivity index (χ0n) is 13.6. The van der Waals surface area contributed by atoms with Crippen molar-refractivity contribution in [3.05, 3.63) is 52.0 Å². The van der Waals surface area contributed by atoms with E-state index in [4.69, 9.17) is 9.47 Å². The molecule has 0 bridgehead atoms. The van der Waals surface area contributed by atoms with Crippen molar-refractivity contribution in [2.24, 2.45) is 0 Å². The molecule has 2 rings (SSSR count). The van der Waals surface area contributed by atoms with Crippen molar-refractivity contribution < 1.29 is 19.4 Å². The molecular formula is C18H20BrNO4. The van der Waals surface area contributed by atoms with Crippen molar-refractivity contribution in [1.29, 1.82) is 0 Å². The number of aromatic hydroxyl groups is 1. The highest BCUT2D eigenvalue weighted by Gasteiger charge is 2.11. The highest BCUT2D eigenvalue weighted by atomic mass is 79.9. The summed E-state index contributed by atoms with van der Waals surface area (Å²) >= 11 is 3.47. The molecule has 24 heavy (non-hydrogen) atoms. The minimum absolute atomic E-state index is 0.0834. The molecule has 128 valence electrons. The zero-order valence-corrected chi connectivity index (χ0v) is 15.2.